The first kappa shape index (κ1) is 31.6. The fourth-order valence-electron chi connectivity index (χ4n) is 6.20. The molecule has 5 rings (SSSR count). The summed E-state index contributed by atoms with van der Waals surface area (Å²) in [5.41, 5.74) is 2.61. The van der Waals surface area contributed by atoms with Gasteiger partial charge >= 0.3 is 0 Å². The third-order valence-corrected chi connectivity index (χ3v) is 12.5. The summed E-state index contributed by atoms with van der Waals surface area (Å²) in [5, 5.41) is 1.23. The number of halogens is 3. The molecule has 1 spiro atoms. The third kappa shape index (κ3) is 6.48. The summed E-state index contributed by atoms with van der Waals surface area (Å²) in [6, 6.07) is 19.6. The molecule has 2 aliphatic rings. The van der Waals surface area contributed by atoms with Crippen LogP contribution in [0.3, 0.4) is 0 Å². The number of anilines is 1. The van der Waals surface area contributed by atoms with Crippen molar-refractivity contribution in [3.63, 3.8) is 0 Å². The maximum absolute atomic E-state index is 13.4. The molecule has 3 aromatic rings. The highest BCUT2D eigenvalue weighted by Gasteiger charge is 2.46. The zero-order valence-electron chi connectivity index (χ0n) is 23.5. The Kier molecular flexibility index (Phi) is 9.22. The van der Waals surface area contributed by atoms with Crippen LogP contribution in [0.25, 0.3) is 0 Å². The van der Waals surface area contributed by atoms with E-state index in [1.165, 1.54) is 16.6 Å². The zero-order chi connectivity index (χ0) is 30.3. The Hall–Kier alpha value is -1.85. The molecule has 226 valence electrons. The van der Waals surface area contributed by atoms with Gasteiger partial charge in [0.05, 0.1) is 26.9 Å². The highest BCUT2D eigenvalue weighted by atomic mass is 35.5. The van der Waals surface area contributed by atoms with Crippen LogP contribution in [0, 0.1) is 0 Å². The molecular formula is C30H34Cl3N3O4S2. The summed E-state index contributed by atoms with van der Waals surface area (Å²) in [6.45, 7) is 3.11. The monoisotopic (exact) mass is 669 g/mol. The van der Waals surface area contributed by atoms with Gasteiger partial charge in [0.1, 0.15) is 0 Å². The number of hydrogen-bond donors (Lipinski definition) is 0. The lowest BCUT2D eigenvalue weighted by molar-refractivity contribution is 0.162. The van der Waals surface area contributed by atoms with Crippen LogP contribution < -0.4 is 4.31 Å². The van der Waals surface area contributed by atoms with Gasteiger partial charge in [0.2, 0.25) is 20.0 Å². The first-order chi connectivity index (χ1) is 19.8. The van der Waals surface area contributed by atoms with Crippen molar-refractivity contribution in [3.8, 4) is 0 Å². The molecule has 0 amide bonds. The first-order valence-electron chi connectivity index (χ1n) is 13.8. The Bertz CT molecular complexity index is 1680. The van der Waals surface area contributed by atoms with E-state index in [4.69, 9.17) is 34.8 Å². The SMILES string of the molecule is CN(CC(CCN1CCC2(CC1)CN(S(C)(=O)=O)c1ccccc12)c1ccc(Cl)c(Cl)c1)S(=O)(=O)c1cccc(Cl)c1. The smallest absolute Gasteiger partial charge is 0.242 e. The average molecular weight is 671 g/mol. The predicted octanol–water partition coefficient (Wildman–Crippen LogP) is 6.25. The third-order valence-electron chi connectivity index (χ3n) is 8.59. The van der Waals surface area contributed by atoms with E-state index in [2.05, 4.69) is 11.0 Å². The van der Waals surface area contributed by atoms with Gasteiger partial charge in [0.25, 0.3) is 0 Å². The number of fused-ring (bicyclic) bond motifs is 2. The van der Waals surface area contributed by atoms with Crippen LogP contribution in [0.1, 0.15) is 36.3 Å². The van der Waals surface area contributed by atoms with Gasteiger partial charge in [-0.1, -0.05) is 65.1 Å². The molecule has 0 saturated carbocycles. The summed E-state index contributed by atoms with van der Waals surface area (Å²) in [5.74, 6) is -0.137. The number of benzene rings is 3. The average Bonchev–Trinajstić information content (AvgIpc) is 3.28. The topological polar surface area (TPSA) is 78.0 Å². The highest BCUT2D eigenvalue weighted by Crippen LogP contribution is 2.48. The van der Waals surface area contributed by atoms with Crippen molar-refractivity contribution in [1.29, 1.82) is 0 Å². The molecule has 1 unspecified atom stereocenters. The van der Waals surface area contributed by atoms with Gasteiger partial charge in [-0.2, -0.15) is 0 Å². The van der Waals surface area contributed by atoms with Crippen molar-refractivity contribution in [1.82, 2.24) is 9.21 Å². The molecule has 0 aliphatic carbocycles. The second kappa shape index (κ2) is 12.3. The molecule has 0 N–H and O–H groups in total. The first-order valence-corrected chi connectivity index (χ1v) is 18.2. The van der Waals surface area contributed by atoms with Crippen LogP contribution in [-0.4, -0.2) is 72.1 Å². The van der Waals surface area contributed by atoms with E-state index >= 15 is 0 Å². The van der Waals surface area contributed by atoms with Gasteiger partial charge < -0.3 is 4.90 Å². The molecule has 42 heavy (non-hydrogen) atoms. The minimum Gasteiger partial charge on any atom is -0.303 e. The summed E-state index contributed by atoms with van der Waals surface area (Å²) >= 11 is 18.6. The van der Waals surface area contributed by atoms with Crippen LogP contribution in [-0.2, 0) is 25.5 Å². The fourth-order valence-corrected chi connectivity index (χ4v) is 9.02. The van der Waals surface area contributed by atoms with Crippen molar-refractivity contribution in [2.75, 3.05) is 50.3 Å². The lowest BCUT2D eigenvalue weighted by Crippen LogP contribution is -2.46. The van der Waals surface area contributed by atoms with Crippen molar-refractivity contribution >= 4 is 60.5 Å². The molecule has 2 aliphatic heterocycles. The van der Waals surface area contributed by atoms with E-state index in [1.807, 2.05) is 30.3 Å². The predicted molar refractivity (Wildman–Crippen MR) is 171 cm³/mol. The Labute approximate surface area is 264 Å². The second-order valence-corrected chi connectivity index (χ2v) is 16.5. The summed E-state index contributed by atoms with van der Waals surface area (Å²) in [6.07, 6.45) is 3.66. The number of piperidine rings is 1. The van der Waals surface area contributed by atoms with Crippen molar-refractivity contribution in [2.45, 2.75) is 35.5 Å². The van der Waals surface area contributed by atoms with Crippen LogP contribution in [0.4, 0.5) is 5.69 Å². The standard InChI is InChI=1S/C30H34Cl3N3O4S2/c1-34(42(39,40)25-7-5-6-24(31)19-25)20-23(22-10-11-27(32)28(33)18-22)12-15-35-16-13-30(14-17-35)21-36(41(2,37)38)29-9-4-3-8-26(29)30/h3-11,18-19,23H,12-17,20-21H2,1-2H3. The van der Waals surface area contributed by atoms with E-state index in [0.717, 1.165) is 49.3 Å². The van der Waals surface area contributed by atoms with E-state index in [1.54, 1.807) is 35.6 Å². The Balaban J connectivity index is 1.31. The van der Waals surface area contributed by atoms with Crippen LogP contribution >= 0.6 is 34.8 Å². The van der Waals surface area contributed by atoms with E-state index in [9.17, 15) is 16.8 Å². The van der Waals surface area contributed by atoms with Gasteiger partial charge in [0, 0.05) is 30.6 Å². The maximum atomic E-state index is 13.4. The second-order valence-electron chi connectivity index (χ2n) is 11.3. The number of sulfonamides is 2. The number of likely N-dealkylation sites (N-methyl/N-ethyl adjacent to an activating group) is 1. The highest BCUT2D eigenvalue weighted by molar-refractivity contribution is 7.92. The van der Waals surface area contributed by atoms with Crippen LogP contribution in [0.2, 0.25) is 15.1 Å². The number of rotatable bonds is 9. The molecule has 1 fully saturated rings. The maximum Gasteiger partial charge on any atom is 0.242 e. The minimum atomic E-state index is -3.76. The molecule has 0 bridgehead atoms. The lowest BCUT2D eigenvalue weighted by atomic mass is 9.74. The van der Waals surface area contributed by atoms with E-state index in [0.29, 0.717) is 28.0 Å². The molecule has 3 aromatic carbocycles. The Morgan fingerprint density at radius 3 is 2.29 bits per heavy atom. The molecular weight excluding hydrogens is 637 g/mol. The molecule has 1 saturated heterocycles. The number of hydrogen-bond acceptors (Lipinski definition) is 5. The van der Waals surface area contributed by atoms with E-state index in [-0.39, 0.29) is 22.8 Å². The quantitative estimate of drug-likeness (QED) is 0.269. The van der Waals surface area contributed by atoms with E-state index < -0.39 is 20.0 Å². The van der Waals surface area contributed by atoms with Crippen molar-refractivity contribution < 1.29 is 16.8 Å². The number of para-hydroxylation sites is 1. The van der Waals surface area contributed by atoms with Gasteiger partial charge in [-0.3, -0.25) is 4.31 Å². The Morgan fingerprint density at radius 2 is 1.62 bits per heavy atom. The fraction of sp³-hybridized carbons (Fsp3) is 0.400. The van der Waals surface area contributed by atoms with Gasteiger partial charge in [-0.25, -0.2) is 21.1 Å². The molecule has 0 aromatic heterocycles. The Morgan fingerprint density at radius 1 is 0.905 bits per heavy atom. The van der Waals surface area contributed by atoms with Gasteiger partial charge in [-0.05, 0) is 92.3 Å². The largest absolute Gasteiger partial charge is 0.303 e. The van der Waals surface area contributed by atoms with Crippen LogP contribution in [0.15, 0.2) is 71.6 Å². The van der Waals surface area contributed by atoms with Crippen molar-refractivity contribution in [3.05, 3.63) is 92.9 Å². The molecule has 7 nitrogen and oxygen atoms in total. The summed E-state index contributed by atoms with van der Waals surface area (Å²) in [7, 11) is -5.56. The van der Waals surface area contributed by atoms with Gasteiger partial charge in [-0.15, -0.1) is 0 Å². The number of nitrogens with zero attached hydrogens (tertiary/aromatic N) is 3. The molecule has 1 atom stereocenters. The molecule has 12 heteroatoms. The molecule has 2 heterocycles. The van der Waals surface area contributed by atoms with Gasteiger partial charge in [0.15, 0.2) is 0 Å². The minimum absolute atomic E-state index is 0.137. The van der Waals surface area contributed by atoms with Crippen LogP contribution in [0.5, 0.6) is 0 Å². The number of likely N-dealkylation sites (tertiary alicyclic amines) is 1. The normalized spacial score (nSPS) is 18.0. The lowest BCUT2D eigenvalue weighted by Gasteiger charge is -2.40. The zero-order valence-corrected chi connectivity index (χ0v) is 27.4. The molecule has 0 radical (unpaired) electrons. The summed E-state index contributed by atoms with van der Waals surface area (Å²) < 4.78 is 54.8. The summed E-state index contributed by atoms with van der Waals surface area (Å²) in [4.78, 5) is 2.53. The van der Waals surface area contributed by atoms with Crippen molar-refractivity contribution in [2.24, 2.45) is 0 Å².